The lowest BCUT2D eigenvalue weighted by Gasteiger charge is -2.29. The van der Waals surface area contributed by atoms with Crippen molar-refractivity contribution in [3.8, 4) is 11.3 Å². The minimum Gasteiger partial charge on any atom is -0.444 e. The first-order valence-corrected chi connectivity index (χ1v) is 12.0. The van der Waals surface area contributed by atoms with Crippen LogP contribution in [0.2, 0.25) is 0 Å². The van der Waals surface area contributed by atoms with Gasteiger partial charge in [-0.3, -0.25) is 9.88 Å². The van der Waals surface area contributed by atoms with Gasteiger partial charge in [-0.25, -0.2) is 14.8 Å². The van der Waals surface area contributed by atoms with Crippen LogP contribution in [0.1, 0.15) is 45.5 Å². The smallest absolute Gasteiger partial charge is 0.411 e. The molecule has 1 saturated carbocycles. The predicted molar refractivity (Wildman–Crippen MR) is 130 cm³/mol. The van der Waals surface area contributed by atoms with Crippen LogP contribution in [-0.2, 0) is 4.74 Å². The summed E-state index contributed by atoms with van der Waals surface area (Å²) in [6, 6.07) is 12.1. The molecule has 8 heteroatoms. The van der Waals surface area contributed by atoms with Crippen molar-refractivity contribution in [2.75, 3.05) is 0 Å². The zero-order valence-corrected chi connectivity index (χ0v) is 20.3. The molecular weight excluding hydrogens is 482 g/mol. The molecule has 7 nitrogen and oxygen atoms in total. The maximum atomic E-state index is 12.9. The molecule has 0 unspecified atom stereocenters. The molecule has 1 aliphatic heterocycles. The topological polar surface area (TPSA) is 84.0 Å². The van der Waals surface area contributed by atoms with E-state index in [1.54, 1.807) is 6.20 Å². The van der Waals surface area contributed by atoms with E-state index >= 15 is 0 Å². The quantitative estimate of drug-likeness (QED) is 0.360. The van der Waals surface area contributed by atoms with E-state index in [9.17, 15) is 4.79 Å². The van der Waals surface area contributed by atoms with Crippen LogP contribution in [0.3, 0.4) is 0 Å². The standard InChI is InChI=1S/C25H24BrN5O2/c1-25(2,3)33-24(32)31-21-9-14(21)10-22(31)23-29-17-6-4-13(8-19(17)30-23)20-12-27-18-11-15(26)5-7-16(18)28-20/h4-8,11-12,14,21-22H,9-10H2,1-3H3,(H,29,30)/t14-,21-,22+/m1/s1. The summed E-state index contributed by atoms with van der Waals surface area (Å²) in [4.78, 5) is 32.4. The van der Waals surface area contributed by atoms with Crippen LogP contribution in [0.5, 0.6) is 0 Å². The molecule has 4 aromatic rings. The number of nitrogens with zero attached hydrogens (tertiary/aromatic N) is 4. The Morgan fingerprint density at radius 2 is 1.91 bits per heavy atom. The Morgan fingerprint density at radius 3 is 2.73 bits per heavy atom. The second-order valence-corrected chi connectivity index (χ2v) is 10.9. The summed E-state index contributed by atoms with van der Waals surface area (Å²) < 4.78 is 6.67. The fourth-order valence-corrected chi connectivity index (χ4v) is 5.10. The van der Waals surface area contributed by atoms with Gasteiger partial charge in [0, 0.05) is 16.1 Å². The molecule has 2 aromatic heterocycles. The van der Waals surface area contributed by atoms with Crippen molar-refractivity contribution in [3.63, 3.8) is 0 Å². The maximum Gasteiger partial charge on any atom is 0.411 e. The highest BCUT2D eigenvalue weighted by Gasteiger charge is 2.56. The molecule has 168 valence electrons. The van der Waals surface area contributed by atoms with Gasteiger partial charge >= 0.3 is 6.09 Å². The summed E-state index contributed by atoms with van der Waals surface area (Å²) in [6.07, 6.45) is 3.51. The highest BCUT2D eigenvalue weighted by Crippen LogP contribution is 2.53. The van der Waals surface area contributed by atoms with E-state index in [2.05, 4.69) is 25.9 Å². The SMILES string of the molecule is CC(C)(C)OC(=O)N1[C@@H]2C[C@@H]2C[C@H]1c1nc2ccc(-c3cnc4cc(Br)ccc4n3)cc2[nH]1. The lowest BCUT2D eigenvalue weighted by atomic mass is 10.1. The van der Waals surface area contributed by atoms with Gasteiger partial charge in [-0.2, -0.15) is 0 Å². The number of nitrogens with one attached hydrogen (secondary N) is 1. The van der Waals surface area contributed by atoms with Crippen molar-refractivity contribution in [1.29, 1.82) is 0 Å². The minimum atomic E-state index is -0.519. The van der Waals surface area contributed by atoms with Gasteiger partial charge in [0.25, 0.3) is 0 Å². The molecule has 1 N–H and O–H groups in total. The van der Waals surface area contributed by atoms with Crippen molar-refractivity contribution in [2.45, 2.75) is 51.3 Å². The van der Waals surface area contributed by atoms with E-state index in [-0.39, 0.29) is 18.2 Å². The van der Waals surface area contributed by atoms with Crippen LogP contribution in [0.4, 0.5) is 4.79 Å². The maximum absolute atomic E-state index is 12.9. The first-order chi connectivity index (χ1) is 15.7. The lowest BCUT2D eigenvalue weighted by Crippen LogP contribution is -2.38. The van der Waals surface area contributed by atoms with Crippen LogP contribution < -0.4 is 0 Å². The van der Waals surface area contributed by atoms with E-state index in [1.165, 1.54) is 0 Å². The number of halogens is 1. The number of carbonyl (C=O) groups excluding carboxylic acids is 1. The Labute approximate surface area is 199 Å². The lowest BCUT2D eigenvalue weighted by molar-refractivity contribution is 0.0175. The number of carbonyl (C=O) groups is 1. The average Bonchev–Trinajstić information content (AvgIpc) is 3.22. The molecule has 3 heterocycles. The second-order valence-electron chi connectivity index (χ2n) is 9.94. The molecule has 33 heavy (non-hydrogen) atoms. The van der Waals surface area contributed by atoms with Crippen LogP contribution >= 0.6 is 15.9 Å². The fourth-order valence-electron chi connectivity index (χ4n) is 4.75. The number of amides is 1. The summed E-state index contributed by atoms with van der Waals surface area (Å²) in [5, 5.41) is 0. The van der Waals surface area contributed by atoms with E-state index in [0.29, 0.717) is 5.92 Å². The Balaban J connectivity index is 1.32. The van der Waals surface area contributed by atoms with Crippen LogP contribution in [0.25, 0.3) is 33.3 Å². The first kappa shape index (κ1) is 20.6. The van der Waals surface area contributed by atoms with Gasteiger partial charge in [0.05, 0.1) is 40.0 Å². The van der Waals surface area contributed by atoms with Crippen molar-refractivity contribution in [3.05, 3.63) is 52.9 Å². The predicted octanol–water partition coefficient (Wildman–Crippen LogP) is 6.01. The van der Waals surface area contributed by atoms with E-state index in [1.807, 2.05) is 62.1 Å². The summed E-state index contributed by atoms with van der Waals surface area (Å²) in [6.45, 7) is 5.70. The Hall–Kier alpha value is -3.00. The zero-order chi connectivity index (χ0) is 22.9. The number of fused-ring (bicyclic) bond motifs is 3. The molecule has 2 aromatic carbocycles. The molecule has 2 fully saturated rings. The van der Waals surface area contributed by atoms with E-state index in [0.717, 1.165) is 56.5 Å². The number of piperidine rings is 1. The van der Waals surface area contributed by atoms with Gasteiger partial charge in [0.2, 0.25) is 0 Å². The molecule has 1 saturated heterocycles. The Bertz CT molecular complexity index is 1410. The summed E-state index contributed by atoms with van der Waals surface area (Å²) in [5.41, 5.74) is 4.74. The number of likely N-dealkylation sites (tertiary alicyclic amines) is 1. The van der Waals surface area contributed by atoms with Crippen LogP contribution in [-0.4, -0.2) is 42.6 Å². The molecule has 0 bridgehead atoms. The number of H-pyrrole nitrogens is 1. The summed E-state index contributed by atoms with van der Waals surface area (Å²) >= 11 is 3.48. The number of benzene rings is 2. The summed E-state index contributed by atoms with van der Waals surface area (Å²) in [7, 11) is 0. The number of aromatic nitrogens is 4. The van der Waals surface area contributed by atoms with Gasteiger partial charge < -0.3 is 9.72 Å². The van der Waals surface area contributed by atoms with Crippen LogP contribution in [0.15, 0.2) is 47.1 Å². The van der Waals surface area contributed by atoms with E-state index in [4.69, 9.17) is 14.7 Å². The molecule has 0 spiro atoms. The molecule has 6 rings (SSSR count). The monoisotopic (exact) mass is 505 g/mol. The number of hydrogen-bond acceptors (Lipinski definition) is 5. The fraction of sp³-hybridized carbons (Fsp3) is 0.360. The van der Waals surface area contributed by atoms with Gasteiger partial charge in [0.1, 0.15) is 11.4 Å². The van der Waals surface area contributed by atoms with E-state index < -0.39 is 5.60 Å². The highest BCUT2D eigenvalue weighted by molar-refractivity contribution is 9.10. The Morgan fingerprint density at radius 1 is 1.09 bits per heavy atom. The van der Waals surface area contributed by atoms with Crippen molar-refractivity contribution < 1.29 is 9.53 Å². The minimum absolute atomic E-state index is 0.0849. The largest absolute Gasteiger partial charge is 0.444 e. The number of hydrogen-bond donors (Lipinski definition) is 1. The first-order valence-electron chi connectivity index (χ1n) is 11.2. The number of ether oxygens (including phenoxy) is 1. The van der Waals surface area contributed by atoms with Crippen molar-refractivity contribution in [2.24, 2.45) is 5.92 Å². The molecule has 3 atom stereocenters. The van der Waals surface area contributed by atoms with Gasteiger partial charge in [0.15, 0.2) is 0 Å². The van der Waals surface area contributed by atoms with Crippen molar-refractivity contribution in [1.82, 2.24) is 24.8 Å². The zero-order valence-electron chi connectivity index (χ0n) is 18.7. The second kappa shape index (κ2) is 7.25. The third kappa shape index (κ3) is 3.76. The van der Waals surface area contributed by atoms with Crippen molar-refractivity contribution >= 4 is 44.1 Å². The Kier molecular flexibility index (Phi) is 4.52. The third-order valence-corrected chi connectivity index (χ3v) is 6.82. The average molecular weight is 506 g/mol. The highest BCUT2D eigenvalue weighted by atomic mass is 79.9. The van der Waals surface area contributed by atoms with Gasteiger partial charge in [-0.05, 0) is 69.9 Å². The number of imidazole rings is 1. The van der Waals surface area contributed by atoms with Gasteiger partial charge in [-0.15, -0.1) is 0 Å². The molecule has 2 aliphatic rings. The summed E-state index contributed by atoms with van der Waals surface area (Å²) in [5.74, 6) is 1.36. The number of rotatable bonds is 2. The molecular formula is C25H24BrN5O2. The number of aromatic amines is 1. The van der Waals surface area contributed by atoms with Gasteiger partial charge in [-0.1, -0.05) is 22.0 Å². The molecule has 0 radical (unpaired) electrons. The third-order valence-electron chi connectivity index (χ3n) is 6.32. The molecule has 1 aliphatic carbocycles. The normalized spacial score (nSPS) is 22.1. The molecule has 1 amide bonds. The van der Waals surface area contributed by atoms with Crippen LogP contribution in [0, 0.1) is 5.92 Å².